The van der Waals surface area contributed by atoms with Gasteiger partial charge in [0.2, 0.25) is 11.8 Å². The Bertz CT molecular complexity index is 1040. The van der Waals surface area contributed by atoms with Crippen LogP contribution in [-0.4, -0.2) is 23.3 Å². The Kier molecular flexibility index (Phi) is 6.42. The number of amides is 2. The van der Waals surface area contributed by atoms with E-state index in [1.807, 2.05) is 42.5 Å². The van der Waals surface area contributed by atoms with Gasteiger partial charge >= 0.3 is 6.18 Å². The molecule has 1 saturated heterocycles. The lowest BCUT2D eigenvalue weighted by Crippen LogP contribution is -2.50. The summed E-state index contributed by atoms with van der Waals surface area (Å²) in [6, 6.07) is 13.2. The Morgan fingerprint density at radius 1 is 1.16 bits per heavy atom. The van der Waals surface area contributed by atoms with E-state index in [-0.39, 0.29) is 22.0 Å². The molecule has 0 aromatic heterocycles. The minimum atomic E-state index is -4.55. The average Bonchev–Trinajstić information content (AvgIpc) is 2.76. The average molecular weight is 507 g/mol. The SMILES string of the molecule is O=C(Nc1ccc(Br)c(C(F)(F)F)c1)C1CC=CC2CCN(Cc3ccccc3)C(=O)C21. The topological polar surface area (TPSA) is 49.4 Å². The summed E-state index contributed by atoms with van der Waals surface area (Å²) in [6.45, 7) is 1.08. The molecule has 32 heavy (non-hydrogen) atoms. The predicted molar refractivity (Wildman–Crippen MR) is 118 cm³/mol. The Labute approximate surface area is 192 Å². The molecule has 2 amide bonds. The van der Waals surface area contributed by atoms with Crippen molar-refractivity contribution in [3.05, 3.63) is 76.3 Å². The number of nitrogens with zero attached hydrogens (tertiary/aromatic N) is 1. The van der Waals surface area contributed by atoms with Gasteiger partial charge in [-0.1, -0.05) is 58.4 Å². The Hall–Kier alpha value is -2.61. The van der Waals surface area contributed by atoms with Crippen LogP contribution in [0.5, 0.6) is 0 Å². The predicted octanol–water partition coefficient (Wildman–Crippen LogP) is 5.65. The van der Waals surface area contributed by atoms with Gasteiger partial charge in [0, 0.05) is 23.2 Å². The van der Waals surface area contributed by atoms with Crippen molar-refractivity contribution in [1.82, 2.24) is 4.90 Å². The number of hydrogen-bond donors (Lipinski definition) is 1. The van der Waals surface area contributed by atoms with Crippen LogP contribution in [0.1, 0.15) is 24.0 Å². The smallest absolute Gasteiger partial charge is 0.338 e. The molecule has 0 saturated carbocycles. The highest BCUT2D eigenvalue weighted by molar-refractivity contribution is 9.10. The molecule has 1 aliphatic heterocycles. The maximum atomic E-state index is 13.3. The highest BCUT2D eigenvalue weighted by Gasteiger charge is 2.44. The zero-order valence-electron chi connectivity index (χ0n) is 17.1. The zero-order valence-corrected chi connectivity index (χ0v) is 18.7. The summed E-state index contributed by atoms with van der Waals surface area (Å²) in [5.41, 5.74) is 0.210. The van der Waals surface area contributed by atoms with Crippen LogP contribution in [-0.2, 0) is 22.3 Å². The fourth-order valence-electron chi connectivity index (χ4n) is 4.51. The van der Waals surface area contributed by atoms with Gasteiger partial charge in [0.05, 0.1) is 17.4 Å². The summed E-state index contributed by atoms with van der Waals surface area (Å²) in [4.78, 5) is 28.2. The van der Waals surface area contributed by atoms with Crippen molar-refractivity contribution in [2.45, 2.75) is 25.6 Å². The van der Waals surface area contributed by atoms with Crippen LogP contribution in [0, 0.1) is 17.8 Å². The van der Waals surface area contributed by atoms with Crippen molar-refractivity contribution in [2.75, 3.05) is 11.9 Å². The lowest BCUT2D eigenvalue weighted by atomic mass is 9.71. The van der Waals surface area contributed by atoms with E-state index in [4.69, 9.17) is 0 Å². The molecule has 3 unspecified atom stereocenters. The van der Waals surface area contributed by atoms with Crippen LogP contribution in [0.2, 0.25) is 0 Å². The molecular weight excluding hydrogens is 485 g/mol. The van der Waals surface area contributed by atoms with Crippen molar-refractivity contribution < 1.29 is 22.8 Å². The maximum absolute atomic E-state index is 13.3. The number of piperidine rings is 1. The van der Waals surface area contributed by atoms with E-state index in [1.165, 1.54) is 12.1 Å². The Morgan fingerprint density at radius 3 is 2.62 bits per heavy atom. The number of alkyl halides is 3. The van der Waals surface area contributed by atoms with Gasteiger partial charge in [-0.3, -0.25) is 9.59 Å². The molecule has 1 fully saturated rings. The standard InChI is InChI=1S/C24H22BrF3N2O2/c25-20-10-9-17(13-19(20)24(26,27)28)29-22(31)18-8-4-7-16-11-12-30(23(32)21(16)18)14-15-5-2-1-3-6-15/h1-7,9-10,13,16,18,21H,8,11-12,14H2,(H,29,31). The summed E-state index contributed by atoms with van der Waals surface area (Å²) < 4.78 is 39.5. The van der Waals surface area contributed by atoms with Crippen molar-refractivity contribution in [3.8, 4) is 0 Å². The van der Waals surface area contributed by atoms with Gasteiger partial charge < -0.3 is 10.2 Å². The second kappa shape index (κ2) is 9.10. The highest BCUT2D eigenvalue weighted by Crippen LogP contribution is 2.39. The third kappa shape index (κ3) is 4.75. The van der Waals surface area contributed by atoms with Crippen LogP contribution in [0.4, 0.5) is 18.9 Å². The molecule has 168 valence electrons. The number of likely N-dealkylation sites (tertiary alicyclic amines) is 1. The van der Waals surface area contributed by atoms with E-state index in [1.54, 1.807) is 4.90 Å². The van der Waals surface area contributed by atoms with E-state index >= 15 is 0 Å². The second-order valence-electron chi connectivity index (χ2n) is 8.18. The third-order valence-electron chi connectivity index (χ3n) is 6.09. The molecule has 1 heterocycles. The first-order valence-electron chi connectivity index (χ1n) is 10.4. The Balaban J connectivity index is 1.52. The van der Waals surface area contributed by atoms with Gasteiger partial charge in [-0.25, -0.2) is 0 Å². The van der Waals surface area contributed by atoms with E-state index in [2.05, 4.69) is 21.2 Å². The lowest BCUT2D eigenvalue weighted by molar-refractivity contribution is -0.147. The van der Waals surface area contributed by atoms with Crippen LogP contribution in [0.3, 0.4) is 0 Å². The van der Waals surface area contributed by atoms with E-state index < -0.39 is 29.5 Å². The quantitative estimate of drug-likeness (QED) is 0.545. The highest BCUT2D eigenvalue weighted by atomic mass is 79.9. The van der Waals surface area contributed by atoms with Crippen LogP contribution >= 0.6 is 15.9 Å². The first kappa shape index (κ1) is 22.6. The normalized spacial score (nSPS) is 23.1. The molecule has 0 spiro atoms. The molecule has 0 radical (unpaired) electrons. The number of hydrogen-bond acceptors (Lipinski definition) is 2. The fraction of sp³-hybridized carbons (Fsp3) is 0.333. The van der Waals surface area contributed by atoms with Gasteiger partial charge in [-0.2, -0.15) is 13.2 Å². The molecule has 8 heteroatoms. The first-order chi connectivity index (χ1) is 15.2. The number of rotatable bonds is 4. The molecule has 2 aromatic rings. The van der Waals surface area contributed by atoms with E-state index in [0.29, 0.717) is 19.5 Å². The fourth-order valence-corrected chi connectivity index (χ4v) is 4.98. The lowest BCUT2D eigenvalue weighted by Gasteiger charge is -2.41. The maximum Gasteiger partial charge on any atom is 0.417 e. The third-order valence-corrected chi connectivity index (χ3v) is 6.78. The summed E-state index contributed by atoms with van der Waals surface area (Å²) in [6.07, 6.45) is 0.470. The number of carbonyl (C=O) groups excluding carboxylic acids is 2. The summed E-state index contributed by atoms with van der Waals surface area (Å²) in [7, 11) is 0. The van der Waals surface area contributed by atoms with Gasteiger partial charge in [-0.15, -0.1) is 0 Å². The number of allylic oxidation sites excluding steroid dienone is 2. The van der Waals surface area contributed by atoms with Crippen molar-refractivity contribution in [2.24, 2.45) is 17.8 Å². The van der Waals surface area contributed by atoms with Crippen molar-refractivity contribution in [3.63, 3.8) is 0 Å². The molecule has 2 aliphatic rings. The molecule has 1 aliphatic carbocycles. The van der Waals surface area contributed by atoms with Crippen LogP contribution in [0.25, 0.3) is 0 Å². The monoisotopic (exact) mass is 506 g/mol. The minimum absolute atomic E-state index is 0.0466. The molecule has 4 nitrogen and oxygen atoms in total. The van der Waals surface area contributed by atoms with Gasteiger partial charge in [0.1, 0.15) is 0 Å². The number of anilines is 1. The molecule has 3 atom stereocenters. The number of fused-ring (bicyclic) bond motifs is 1. The largest absolute Gasteiger partial charge is 0.417 e. The zero-order chi connectivity index (χ0) is 22.9. The summed E-state index contributed by atoms with van der Waals surface area (Å²) in [5, 5.41) is 2.61. The molecule has 2 aromatic carbocycles. The minimum Gasteiger partial charge on any atom is -0.338 e. The first-order valence-corrected chi connectivity index (χ1v) is 11.2. The number of benzene rings is 2. The van der Waals surface area contributed by atoms with Crippen molar-refractivity contribution in [1.29, 1.82) is 0 Å². The van der Waals surface area contributed by atoms with Gasteiger partial charge in [0.15, 0.2) is 0 Å². The van der Waals surface area contributed by atoms with E-state index in [9.17, 15) is 22.8 Å². The number of halogens is 4. The summed E-state index contributed by atoms with van der Waals surface area (Å²) >= 11 is 2.90. The van der Waals surface area contributed by atoms with Crippen LogP contribution in [0.15, 0.2) is 65.2 Å². The van der Waals surface area contributed by atoms with Gasteiger partial charge in [0.25, 0.3) is 0 Å². The number of nitrogens with one attached hydrogen (secondary N) is 1. The molecular formula is C24H22BrF3N2O2. The molecule has 0 bridgehead atoms. The Morgan fingerprint density at radius 2 is 1.91 bits per heavy atom. The summed E-state index contributed by atoms with van der Waals surface area (Å²) in [5.74, 6) is -1.71. The second-order valence-corrected chi connectivity index (χ2v) is 9.03. The molecule has 4 rings (SSSR count). The molecule has 1 N–H and O–H groups in total. The van der Waals surface area contributed by atoms with E-state index in [0.717, 1.165) is 18.1 Å². The van der Waals surface area contributed by atoms with Crippen LogP contribution < -0.4 is 5.32 Å². The van der Waals surface area contributed by atoms with Gasteiger partial charge in [-0.05, 0) is 42.5 Å². The number of carbonyl (C=O) groups is 2. The van der Waals surface area contributed by atoms with Crippen molar-refractivity contribution >= 4 is 33.4 Å².